The summed E-state index contributed by atoms with van der Waals surface area (Å²) >= 11 is 0. The maximum atomic E-state index is 11.0. The van der Waals surface area contributed by atoms with Crippen LogP contribution in [0.2, 0.25) is 0 Å². The summed E-state index contributed by atoms with van der Waals surface area (Å²) in [6, 6.07) is 4.39. The molecule has 1 aliphatic heterocycles. The van der Waals surface area contributed by atoms with Gasteiger partial charge >= 0.3 is 0 Å². The van der Waals surface area contributed by atoms with Crippen molar-refractivity contribution < 1.29 is 4.79 Å². The van der Waals surface area contributed by atoms with Gasteiger partial charge in [0, 0.05) is 51.5 Å². The Morgan fingerprint density at radius 1 is 1.47 bits per heavy atom. The summed E-state index contributed by atoms with van der Waals surface area (Å²) in [6.07, 6.45) is 3.88. The molecule has 0 radical (unpaired) electrons. The largest absolute Gasteiger partial charge is 0.388 e. The van der Waals surface area contributed by atoms with E-state index < -0.39 is 0 Å². The molecule has 1 aromatic rings. The van der Waals surface area contributed by atoms with Gasteiger partial charge in [-0.25, -0.2) is 0 Å². The number of carbonyl (C=O) groups is 1. The number of piperidine rings is 1. The Morgan fingerprint density at radius 3 is 2.84 bits per heavy atom. The number of hydrogen-bond donors (Lipinski definition) is 2. The number of carbonyl (C=O) groups excluding carboxylic acids is 1. The fourth-order valence-corrected chi connectivity index (χ4v) is 2.47. The first-order valence-corrected chi connectivity index (χ1v) is 6.79. The van der Waals surface area contributed by atoms with Crippen LogP contribution in [0, 0.1) is 0 Å². The van der Waals surface area contributed by atoms with E-state index in [-0.39, 0.29) is 5.91 Å². The normalized spacial score (nSPS) is 17.2. The minimum atomic E-state index is 0.0711. The third-order valence-corrected chi connectivity index (χ3v) is 3.49. The molecule has 1 aliphatic rings. The Kier molecular flexibility index (Phi) is 4.74. The molecule has 0 saturated carbocycles. The summed E-state index contributed by atoms with van der Waals surface area (Å²) in [5.74, 6) is 0.0711. The molecule has 1 amide bonds. The molecular weight excluding hydrogens is 240 g/mol. The van der Waals surface area contributed by atoms with Crippen LogP contribution in [0.1, 0.15) is 25.5 Å². The van der Waals surface area contributed by atoms with Gasteiger partial charge in [0.2, 0.25) is 5.91 Å². The Balaban J connectivity index is 1.83. The van der Waals surface area contributed by atoms with Gasteiger partial charge in [0.25, 0.3) is 0 Å². The minimum absolute atomic E-state index is 0.0711. The molecule has 104 valence electrons. The maximum Gasteiger partial charge on any atom is 0.217 e. The first-order chi connectivity index (χ1) is 9.17. The van der Waals surface area contributed by atoms with Gasteiger partial charge in [-0.15, -0.1) is 0 Å². The van der Waals surface area contributed by atoms with E-state index in [0.717, 1.165) is 43.9 Å². The van der Waals surface area contributed by atoms with Crippen LogP contribution in [0.25, 0.3) is 0 Å². The maximum absolute atomic E-state index is 11.0. The van der Waals surface area contributed by atoms with E-state index >= 15 is 0 Å². The number of rotatable bonds is 4. The van der Waals surface area contributed by atoms with Gasteiger partial charge in [-0.1, -0.05) is 0 Å². The van der Waals surface area contributed by atoms with Gasteiger partial charge in [-0.05, 0) is 25.0 Å². The molecule has 2 N–H and O–H groups in total. The minimum Gasteiger partial charge on any atom is -0.388 e. The number of anilines is 1. The van der Waals surface area contributed by atoms with Crippen molar-refractivity contribution in [1.29, 1.82) is 0 Å². The topological polar surface area (TPSA) is 57.3 Å². The van der Waals surface area contributed by atoms with Crippen molar-refractivity contribution in [2.75, 3.05) is 25.5 Å². The van der Waals surface area contributed by atoms with E-state index in [4.69, 9.17) is 0 Å². The van der Waals surface area contributed by atoms with Crippen molar-refractivity contribution in [3.05, 3.63) is 24.0 Å². The van der Waals surface area contributed by atoms with Crippen molar-refractivity contribution in [2.24, 2.45) is 0 Å². The lowest BCUT2D eigenvalue weighted by molar-refractivity contribution is -0.119. The average molecular weight is 262 g/mol. The van der Waals surface area contributed by atoms with Gasteiger partial charge in [-0.3, -0.25) is 14.7 Å². The van der Waals surface area contributed by atoms with Gasteiger partial charge in [-0.2, -0.15) is 0 Å². The van der Waals surface area contributed by atoms with E-state index in [1.807, 2.05) is 19.3 Å². The van der Waals surface area contributed by atoms with Gasteiger partial charge in [0.1, 0.15) is 0 Å². The second kappa shape index (κ2) is 6.52. The molecule has 0 unspecified atom stereocenters. The lowest BCUT2D eigenvalue weighted by Gasteiger charge is -2.31. The van der Waals surface area contributed by atoms with E-state index in [2.05, 4.69) is 26.6 Å². The quantitative estimate of drug-likeness (QED) is 0.857. The fraction of sp³-hybridized carbons (Fsp3) is 0.571. The van der Waals surface area contributed by atoms with Crippen LogP contribution in [0.5, 0.6) is 0 Å². The Morgan fingerprint density at radius 2 is 2.21 bits per heavy atom. The summed E-state index contributed by atoms with van der Waals surface area (Å²) in [4.78, 5) is 17.8. The van der Waals surface area contributed by atoms with Crippen LogP contribution in [-0.4, -0.2) is 42.0 Å². The van der Waals surface area contributed by atoms with Crippen LogP contribution in [0.3, 0.4) is 0 Å². The van der Waals surface area contributed by atoms with Crippen LogP contribution in [0.15, 0.2) is 18.3 Å². The smallest absolute Gasteiger partial charge is 0.217 e. The summed E-state index contributed by atoms with van der Waals surface area (Å²) < 4.78 is 0. The number of nitrogens with one attached hydrogen (secondary N) is 2. The molecule has 0 atom stereocenters. The van der Waals surface area contributed by atoms with E-state index in [1.54, 1.807) is 6.92 Å². The van der Waals surface area contributed by atoms with Crippen molar-refractivity contribution in [1.82, 2.24) is 15.2 Å². The zero-order valence-corrected chi connectivity index (χ0v) is 11.6. The molecule has 0 aromatic carbocycles. The summed E-state index contributed by atoms with van der Waals surface area (Å²) in [7, 11) is 1.91. The highest BCUT2D eigenvalue weighted by molar-refractivity contribution is 5.73. The molecule has 1 aromatic heterocycles. The second-order valence-corrected chi connectivity index (χ2v) is 5.04. The third-order valence-electron chi connectivity index (χ3n) is 3.49. The zero-order valence-electron chi connectivity index (χ0n) is 11.6. The molecule has 5 nitrogen and oxygen atoms in total. The molecule has 5 heteroatoms. The highest BCUT2D eigenvalue weighted by atomic mass is 16.1. The third kappa shape index (κ3) is 4.21. The van der Waals surface area contributed by atoms with Crippen LogP contribution < -0.4 is 10.6 Å². The Bertz CT molecular complexity index is 427. The molecule has 2 rings (SSSR count). The number of pyridine rings is 1. The van der Waals surface area contributed by atoms with Gasteiger partial charge < -0.3 is 10.6 Å². The summed E-state index contributed by atoms with van der Waals surface area (Å²) in [6.45, 7) is 4.48. The Labute approximate surface area is 114 Å². The van der Waals surface area contributed by atoms with E-state index in [1.165, 1.54) is 0 Å². The van der Waals surface area contributed by atoms with Crippen LogP contribution >= 0.6 is 0 Å². The fourth-order valence-electron chi connectivity index (χ4n) is 2.47. The molecule has 2 heterocycles. The number of aromatic nitrogens is 1. The molecule has 1 fully saturated rings. The number of hydrogen-bond acceptors (Lipinski definition) is 4. The summed E-state index contributed by atoms with van der Waals surface area (Å²) in [5.41, 5.74) is 2.18. The van der Waals surface area contributed by atoms with Crippen molar-refractivity contribution in [3.8, 4) is 0 Å². The van der Waals surface area contributed by atoms with Crippen LogP contribution in [-0.2, 0) is 11.3 Å². The highest BCUT2D eigenvalue weighted by Crippen LogP contribution is 2.14. The average Bonchev–Trinajstić information content (AvgIpc) is 2.41. The van der Waals surface area contributed by atoms with Gasteiger partial charge in [0.15, 0.2) is 0 Å². The van der Waals surface area contributed by atoms with E-state index in [9.17, 15) is 4.79 Å². The SMILES string of the molecule is CNc1ccnc(CN2CCC(NC(C)=O)CC2)c1. The van der Waals surface area contributed by atoms with Crippen molar-refractivity contribution in [2.45, 2.75) is 32.4 Å². The van der Waals surface area contributed by atoms with Crippen LogP contribution in [0.4, 0.5) is 5.69 Å². The number of nitrogens with zero attached hydrogens (tertiary/aromatic N) is 2. The predicted molar refractivity (Wildman–Crippen MR) is 75.9 cm³/mol. The molecule has 0 bridgehead atoms. The lowest BCUT2D eigenvalue weighted by atomic mass is 10.0. The molecular formula is C14H22N4O. The lowest BCUT2D eigenvalue weighted by Crippen LogP contribution is -2.43. The number of likely N-dealkylation sites (tertiary alicyclic amines) is 1. The monoisotopic (exact) mass is 262 g/mol. The summed E-state index contributed by atoms with van der Waals surface area (Å²) in [5, 5.41) is 6.12. The molecule has 1 saturated heterocycles. The first-order valence-electron chi connectivity index (χ1n) is 6.79. The highest BCUT2D eigenvalue weighted by Gasteiger charge is 2.19. The molecule has 0 aliphatic carbocycles. The van der Waals surface area contributed by atoms with Gasteiger partial charge in [0.05, 0.1) is 5.69 Å². The van der Waals surface area contributed by atoms with Crippen molar-refractivity contribution >= 4 is 11.6 Å². The zero-order chi connectivity index (χ0) is 13.7. The number of amides is 1. The second-order valence-electron chi connectivity index (χ2n) is 5.04. The predicted octanol–water partition coefficient (Wildman–Crippen LogP) is 1.22. The molecule has 0 spiro atoms. The van der Waals surface area contributed by atoms with Crippen molar-refractivity contribution in [3.63, 3.8) is 0 Å². The molecule has 19 heavy (non-hydrogen) atoms. The first kappa shape index (κ1) is 13.8. The standard InChI is InChI=1S/C14H22N4O/c1-11(19)17-12-4-7-18(8-5-12)10-14-9-13(15-2)3-6-16-14/h3,6,9,12H,4-5,7-8,10H2,1-2H3,(H,15,16)(H,17,19). The van der Waals surface area contributed by atoms with E-state index in [0.29, 0.717) is 6.04 Å². The Hall–Kier alpha value is -1.62.